The quantitative estimate of drug-likeness (QED) is 0.861. The Morgan fingerprint density at radius 1 is 1.46 bits per heavy atom. The number of ether oxygens (including phenoxy) is 1. The number of hydrogen-bond donors (Lipinski definition) is 1. The van der Waals surface area contributed by atoms with Gasteiger partial charge in [0.2, 0.25) is 5.88 Å². The Kier molecular flexibility index (Phi) is 2.51. The molecule has 0 spiro atoms. The zero-order valence-corrected chi connectivity index (χ0v) is 8.57. The van der Waals surface area contributed by atoms with Gasteiger partial charge in [0.25, 0.3) is 0 Å². The van der Waals surface area contributed by atoms with Gasteiger partial charge in [-0.15, -0.1) is 0 Å². The highest BCUT2D eigenvalue weighted by molar-refractivity contribution is 9.10. The van der Waals surface area contributed by atoms with E-state index in [0.29, 0.717) is 5.88 Å². The maximum atomic E-state index is 9.03. The van der Waals surface area contributed by atoms with Crippen LogP contribution in [0.4, 0.5) is 0 Å². The monoisotopic (exact) mass is 243 g/mol. The fourth-order valence-corrected chi connectivity index (χ4v) is 1.47. The van der Waals surface area contributed by atoms with Crippen molar-refractivity contribution in [1.29, 1.82) is 0 Å². The van der Waals surface area contributed by atoms with E-state index in [2.05, 4.69) is 20.9 Å². The first kappa shape index (κ1) is 8.97. The SMILES string of the molecule is O[C@H]1C[C@H](Oc2ccc(Br)cn2)C1. The minimum absolute atomic E-state index is 0.142. The molecular formula is C9H10BrNO2. The molecule has 1 aliphatic carbocycles. The summed E-state index contributed by atoms with van der Waals surface area (Å²) in [7, 11) is 0. The van der Waals surface area contributed by atoms with Crippen LogP contribution in [0.25, 0.3) is 0 Å². The van der Waals surface area contributed by atoms with Crippen LogP contribution >= 0.6 is 15.9 Å². The molecule has 0 amide bonds. The van der Waals surface area contributed by atoms with Crippen LogP contribution in [0.3, 0.4) is 0 Å². The molecular weight excluding hydrogens is 234 g/mol. The second-order valence-electron chi connectivity index (χ2n) is 3.18. The summed E-state index contributed by atoms with van der Waals surface area (Å²) in [4.78, 5) is 4.07. The van der Waals surface area contributed by atoms with Crippen LogP contribution in [0.15, 0.2) is 22.8 Å². The predicted octanol–water partition coefficient (Wildman–Crippen LogP) is 1.75. The van der Waals surface area contributed by atoms with Crippen molar-refractivity contribution in [3.63, 3.8) is 0 Å². The molecule has 4 heteroatoms. The first-order valence-electron chi connectivity index (χ1n) is 4.20. The summed E-state index contributed by atoms with van der Waals surface area (Å²) in [5.41, 5.74) is 0. The van der Waals surface area contributed by atoms with E-state index in [-0.39, 0.29) is 12.2 Å². The number of pyridine rings is 1. The minimum Gasteiger partial charge on any atom is -0.474 e. The van der Waals surface area contributed by atoms with Crippen molar-refractivity contribution in [2.24, 2.45) is 0 Å². The molecule has 0 radical (unpaired) electrons. The molecule has 3 nitrogen and oxygen atoms in total. The smallest absolute Gasteiger partial charge is 0.213 e. The number of rotatable bonds is 2. The lowest BCUT2D eigenvalue weighted by molar-refractivity contribution is -0.0128. The number of hydrogen-bond acceptors (Lipinski definition) is 3. The average Bonchev–Trinajstić information content (AvgIpc) is 2.06. The van der Waals surface area contributed by atoms with Gasteiger partial charge in [-0.2, -0.15) is 0 Å². The highest BCUT2D eigenvalue weighted by Gasteiger charge is 2.29. The van der Waals surface area contributed by atoms with Crippen LogP contribution in [-0.2, 0) is 0 Å². The number of halogens is 1. The van der Waals surface area contributed by atoms with E-state index in [1.807, 2.05) is 12.1 Å². The number of nitrogens with zero attached hydrogens (tertiary/aromatic N) is 1. The topological polar surface area (TPSA) is 42.4 Å². The number of aromatic nitrogens is 1. The third kappa shape index (κ3) is 2.19. The van der Waals surface area contributed by atoms with E-state index in [1.165, 1.54) is 0 Å². The number of aliphatic hydroxyl groups is 1. The highest BCUT2D eigenvalue weighted by Crippen LogP contribution is 2.24. The van der Waals surface area contributed by atoms with Gasteiger partial charge in [-0.25, -0.2) is 4.98 Å². The predicted molar refractivity (Wildman–Crippen MR) is 51.6 cm³/mol. The molecule has 0 aliphatic heterocycles. The van der Waals surface area contributed by atoms with Gasteiger partial charge in [-0.05, 0) is 22.0 Å². The zero-order valence-electron chi connectivity index (χ0n) is 6.98. The molecule has 1 aromatic rings. The van der Waals surface area contributed by atoms with E-state index in [4.69, 9.17) is 9.84 Å². The molecule has 13 heavy (non-hydrogen) atoms. The molecule has 1 aliphatic rings. The lowest BCUT2D eigenvalue weighted by Crippen LogP contribution is -2.37. The molecule has 70 valence electrons. The van der Waals surface area contributed by atoms with Crippen molar-refractivity contribution in [2.45, 2.75) is 25.0 Å². The van der Waals surface area contributed by atoms with Crippen LogP contribution in [-0.4, -0.2) is 22.3 Å². The number of aliphatic hydroxyl groups excluding tert-OH is 1. The fourth-order valence-electron chi connectivity index (χ4n) is 1.24. The molecule has 0 bridgehead atoms. The Morgan fingerprint density at radius 2 is 2.23 bits per heavy atom. The van der Waals surface area contributed by atoms with Gasteiger partial charge in [-0.3, -0.25) is 0 Å². The van der Waals surface area contributed by atoms with Gasteiger partial charge < -0.3 is 9.84 Å². The Morgan fingerprint density at radius 3 is 2.77 bits per heavy atom. The fraction of sp³-hybridized carbons (Fsp3) is 0.444. The van der Waals surface area contributed by atoms with E-state index in [0.717, 1.165) is 17.3 Å². The maximum Gasteiger partial charge on any atom is 0.213 e. The first-order valence-corrected chi connectivity index (χ1v) is 4.99. The minimum atomic E-state index is -0.180. The lowest BCUT2D eigenvalue weighted by Gasteiger charge is -2.30. The van der Waals surface area contributed by atoms with Gasteiger partial charge in [0.15, 0.2) is 0 Å². The highest BCUT2D eigenvalue weighted by atomic mass is 79.9. The summed E-state index contributed by atoms with van der Waals surface area (Å²) in [6.07, 6.45) is 3.10. The van der Waals surface area contributed by atoms with Crippen molar-refractivity contribution in [3.8, 4) is 5.88 Å². The average molecular weight is 244 g/mol. The van der Waals surface area contributed by atoms with Crippen molar-refractivity contribution in [3.05, 3.63) is 22.8 Å². The summed E-state index contributed by atoms with van der Waals surface area (Å²) in [6.45, 7) is 0. The molecule has 0 saturated heterocycles. The Labute approximate surface area is 84.9 Å². The lowest BCUT2D eigenvalue weighted by atomic mass is 9.92. The van der Waals surface area contributed by atoms with Gasteiger partial charge in [0.1, 0.15) is 6.10 Å². The van der Waals surface area contributed by atoms with Crippen LogP contribution < -0.4 is 4.74 Å². The van der Waals surface area contributed by atoms with E-state index in [1.54, 1.807) is 6.20 Å². The van der Waals surface area contributed by atoms with Gasteiger partial charge >= 0.3 is 0 Å². The standard InChI is InChI=1S/C9H10BrNO2/c10-6-1-2-9(11-5-6)13-8-3-7(12)4-8/h1-2,5,7-8,12H,3-4H2/t7-,8-. The Hall–Kier alpha value is -0.610. The Balaban J connectivity index is 1.91. The van der Waals surface area contributed by atoms with Crippen molar-refractivity contribution < 1.29 is 9.84 Å². The van der Waals surface area contributed by atoms with E-state index >= 15 is 0 Å². The van der Waals surface area contributed by atoms with E-state index < -0.39 is 0 Å². The summed E-state index contributed by atoms with van der Waals surface area (Å²) in [5, 5.41) is 9.03. The van der Waals surface area contributed by atoms with Crippen LogP contribution in [0, 0.1) is 0 Å². The van der Waals surface area contributed by atoms with Crippen molar-refractivity contribution in [2.75, 3.05) is 0 Å². The van der Waals surface area contributed by atoms with E-state index in [9.17, 15) is 0 Å². The van der Waals surface area contributed by atoms with Gasteiger partial charge in [-0.1, -0.05) is 0 Å². The molecule has 1 saturated carbocycles. The van der Waals surface area contributed by atoms with Crippen LogP contribution in [0.2, 0.25) is 0 Å². The maximum absolute atomic E-state index is 9.03. The molecule has 1 heterocycles. The second kappa shape index (κ2) is 3.64. The van der Waals surface area contributed by atoms with Crippen LogP contribution in [0.5, 0.6) is 5.88 Å². The van der Waals surface area contributed by atoms with Crippen molar-refractivity contribution >= 4 is 15.9 Å². The summed E-state index contributed by atoms with van der Waals surface area (Å²) >= 11 is 3.29. The molecule has 0 aromatic carbocycles. The molecule has 0 unspecified atom stereocenters. The Bertz CT molecular complexity index is 282. The largest absolute Gasteiger partial charge is 0.474 e. The summed E-state index contributed by atoms with van der Waals surface area (Å²) in [5.74, 6) is 0.625. The molecule has 1 fully saturated rings. The third-order valence-electron chi connectivity index (χ3n) is 2.06. The molecule has 0 atom stereocenters. The van der Waals surface area contributed by atoms with Gasteiger partial charge in [0, 0.05) is 29.6 Å². The molecule has 1 N–H and O–H groups in total. The summed E-state index contributed by atoms with van der Waals surface area (Å²) in [6, 6.07) is 3.70. The van der Waals surface area contributed by atoms with Crippen LogP contribution in [0.1, 0.15) is 12.8 Å². The normalized spacial score (nSPS) is 26.6. The summed E-state index contributed by atoms with van der Waals surface area (Å²) < 4.78 is 6.42. The third-order valence-corrected chi connectivity index (χ3v) is 2.53. The first-order chi connectivity index (χ1) is 6.24. The molecule has 2 rings (SSSR count). The van der Waals surface area contributed by atoms with Gasteiger partial charge in [0.05, 0.1) is 6.10 Å². The second-order valence-corrected chi connectivity index (χ2v) is 4.10. The zero-order chi connectivity index (χ0) is 9.26. The van der Waals surface area contributed by atoms with Crippen molar-refractivity contribution in [1.82, 2.24) is 4.98 Å². The molecule has 1 aromatic heterocycles.